The summed E-state index contributed by atoms with van der Waals surface area (Å²) in [7, 11) is 0. The molecule has 0 fully saturated rings. The van der Waals surface area contributed by atoms with Gasteiger partial charge in [-0.25, -0.2) is 0 Å². The lowest BCUT2D eigenvalue weighted by molar-refractivity contribution is 0.465. The van der Waals surface area contributed by atoms with Gasteiger partial charge in [-0.1, -0.05) is 33.6 Å². The molecule has 12 heavy (non-hydrogen) atoms. The topological polar surface area (TPSA) is 12.0 Å². The fourth-order valence-electron chi connectivity index (χ4n) is 1.28. The summed E-state index contributed by atoms with van der Waals surface area (Å²) >= 11 is 0. The van der Waals surface area contributed by atoms with E-state index in [0.29, 0.717) is 6.04 Å². The van der Waals surface area contributed by atoms with E-state index in [1.807, 2.05) is 0 Å². The Kier molecular flexibility index (Phi) is 11.5. The van der Waals surface area contributed by atoms with Gasteiger partial charge in [0, 0.05) is 6.04 Å². The van der Waals surface area contributed by atoms with Crippen molar-refractivity contribution in [2.75, 3.05) is 6.54 Å². The van der Waals surface area contributed by atoms with Gasteiger partial charge >= 0.3 is 0 Å². The summed E-state index contributed by atoms with van der Waals surface area (Å²) in [6.07, 6.45) is 4.06. The number of hydrogen-bond acceptors (Lipinski definition) is 1. The minimum absolute atomic E-state index is 0. The van der Waals surface area contributed by atoms with Crippen LogP contribution in [0.2, 0.25) is 0 Å². The van der Waals surface area contributed by atoms with E-state index in [1.54, 1.807) is 0 Å². The van der Waals surface area contributed by atoms with Crippen LogP contribution in [0.3, 0.4) is 0 Å². The molecule has 0 aromatic heterocycles. The van der Waals surface area contributed by atoms with E-state index in [2.05, 4.69) is 33.0 Å². The molecule has 0 spiro atoms. The molecule has 0 amide bonds. The fourth-order valence-corrected chi connectivity index (χ4v) is 1.28. The summed E-state index contributed by atoms with van der Waals surface area (Å²) in [5.41, 5.74) is 0. The van der Waals surface area contributed by atoms with Gasteiger partial charge in [-0.2, -0.15) is 0 Å². The van der Waals surface area contributed by atoms with Crippen molar-refractivity contribution in [2.45, 2.75) is 53.0 Å². The fraction of sp³-hybridized carbons (Fsp3) is 1.00. The number of rotatable bonds is 6. The van der Waals surface area contributed by atoms with Gasteiger partial charge in [-0.15, -0.1) is 12.4 Å². The number of hydrogen-bond donors (Lipinski definition) is 1. The van der Waals surface area contributed by atoms with Crippen LogP contribution in [0.1, 0.15) is 47.0 Å². The zero-order valence-electron chi connectivity index (χ0n) is 8.89. The molecule has 0 rings (SSSR count). The average molecular weight is 194 g/mol. The second kappa shape index (κ2) is 9.34. The van der Waals surface area contributed by atoms with Crippen molar-refractivity contribution in [3.8, 4) is 0 Å². The van der Waals surface area contributed by atoms with Gasteiger partial charge in [0.15, 0.2) is 0 Å². The van der Waals surface area contributed by atoms with E-state index in [-0.39, 0.29) is 12.4 Å². The number of halogens is 1. The molecule has 0 aromatic carbocycles. The van der Waals surface area contributed by atoms with Gasteiger partial charge in [0.1, 0.15) is 0 Å². The Bertz CT molecular complexity index is 83.9. The first kappa shape index (κ1) is 14.8. The van der Waals surface area contributed by atoms with Crippen LogP contribution >= 0.6 is 12.4 Å². The molecule has 1 nitrogen and oxygen atoms in total. The molecule has 0 saturated heterocycles. The maximum atomic E-state index is 3.42. The summed E-state index contributed by atoms with van der Waals surface area (Å²) in [4.78, 5) is 0. The Hall–Kier alpha value is 0.250. The Balaban J connectivity index is 0. The minimum atomic E-state index is 0. The zero-order valence-corrected chi connectivity index (χ0v) is 9.71. The first-order chi connectivity index (χ1) is 5.16. The molecule has 2 heteroatoms. The van der Waals surface area contributed by atoms with Gasteiger partial charge in [0.05, 0.1) is 0 Å². The SMILES string of the molecule is CCNC(C)CCCC(C)C.Cl. The van der Waals surface area contributed by atoms with Gasteiger partial charge in [-0.3, -0.25) is 0 Å². The van der Waals surface area contributed by atoms with Crippen molar-refractivity contribution < 1.29 is 0 Å². The normalized spacial score (nSPS) is 12.8. The Labute approximate surface area is 83.7 Å². The lowest BCUT2D eigenvalue weighted by Crippen LogP contribution is -2.25. The van der Waals surface area contributed by atoms with Crippen molar-refractivity contribution in [3.63, 3.8) is 0 Å². The van der Waals surface area contributed by atoms with E-state index in [9.17, 15) is 0 Å². The predicted molar refractivity (Wildman–Crippen MR) is 59.1 cm³/mol. The van der Waals surface area contributed by atoms with E-state index in [0.717, 1.165) is 12.5 Å². The highest BCUT2D eigenvalue weighted by Gasteiger charge is 1.99. The average Bonchev–Trinajstić information content (AvgIpc) is 1.87. The minimum Gasteiger partial charge on any atom is -0.315 e. The van der Waals surface area contributed by atoms with E-state index >= 15 is 0 Å². The molecule has 0 aliphatic carbocycles. The molecular formula is C10H24ClN. The molecule has 0 aliphatic rings. The van der Waals surface area contributed by atoms with E-state index < -0.39 is 0 Å². The van der Waals surface area contributed by atoms with Crippen molar-refractivity contribution in [2.24, 2.45) is 5.92 Å². The largest absolute Gasteiger partial charge is 0.315 e. The summed E-state index contributed by atoms with van der Waals surface area (Å²) < 4.78 is 0. The molecule has 0 radical (unpaired) electrons. The quantitative estimate of drug-likeness (QED) is 0.683. The van der Waals surface area contributed by atoms with Crippen LogP contribution in [0.15, 0.2) is 0 Å². The maximum Gasteiger partial charge on any atom is 0.00386 e. The third kappa shape index (κ3) is 10.2. The van der Waals surface area contributed by atoms with Crippen LogP contribution in [-0.4, -0.2) is 12.6 Å². The van der Waals surface area contributed by atoms with E-state index in [4.69, 9.17) is 0 Å². The van der Waals surface area contributed by atoms with Crippen molar-refractivity contribution in [1.82, 2.24) is 5.32 Å². The van der Waals surface area contributed by atoms with Crippen LogP contribution in [0.4, 0.5) is 0 Å². The van der Waals surface area contributed by atoms with Crippen LogP contribution < -0.4 is 5.32 Å². The Morgan fingerprint density at radius 1 is 1.08 bits per heavy atom. The van der Waals surface area contributed by atoms with Crippen LogP contribution in [0, 0.1) is 5.92 Å². The highest BCUT2D eigenvalue weighted by molar-refractivity contribution is 5.85. The van der Waals surface area contributed by atoms with Gasteiger partial charge in [-0.05, 0) is 25.8 Å². The van der Waals surface area contributed by atoms with Crippen LogP contribution in [-0.2, 0) is 0 Å². The summed E-state index contributed by atoms with van der Waals surface area (Å²) in [6.45, 7) is 10.1. The predicted octanol–water partition coefficient (Wildman–Crippen LogP) is 3.23. The second-order valence-corrected chi connectivity index (χ2v) is 3.78. The molecule has 0 heterocycles. The molecule has 1 atom stereocenters. The molecule has 76 valence electrons. The van der Waals surface area contributed by atoms with Crippen molar-refractivity contribution in [3.05, 3.63) is 0 Å². The monoisotopic (exact) mass is 193 g/mol. The highest BCUT2D eigenvalue weighted by Crippen LogP contribution is 2.07. The third-order valence-electron chi connectivity index (χ3n) is 1.97. The van der Waals surface area contributed by atoms with Crippen LogP contribution in [0.5, 0.6) is 0 Å². The van der Waals surface area contributed by atoms with Crippen molar-refractivity contribution >= 4 is 12.4 Å². The number of nitrogens with one attached hydrogen (secondary N) is 1. The zero-order chi connectivity index (χ0) is 8.69. The first-order valence-corrected chi connectivity index (χ1v) is 4.90. The highest BCUT2D eigenvalue weighted by atomic mass is 35.5. The standard InChI is InChI=1S/C10H23N.ClH/c1-5-11-10(4)8-6-7-9(2)3;/h9-11H,5-8H2,1-4H3;1H. The Morgan fingerprint density at radius 3 is 2.08 bits per heavy atom. The molecule has 0 saturated carbocycles. The van der Waals surface area contributed by atoms with Gasteiger partial charge in [0.25, 0.3) is 0 Å². The molecule has 0 bridgehead atoms. The molecular weight excluding hydrogens is 170 g/mol. The lowest BCUT2D eigenvalue weighted by Gasteiger charge is -2.12. The lowest BCUT2D eigenvalue weighted by atomic mass is 10.0. The molecule has 1 unspecified atom stereocenters. The summed E-state index contributed by atoms with van der Waals surface area (Å²) in [6, 6.07) is 0.707. The first-order valence-electron chi connectivity index (χ1n) is 4.90. The van der Waals surface area contributed by atoms with E-state index in [1.165, 1.54) is 19.3 Å². The maximum absolute atomic E-state index is 3.42. The molecule has 1 N–H and O–H groups in total. The van der Waals surface area contributed by atoms with Crippen molar-refractivity contribution in [1.29, 1.82) is 0 Å². The molecule has 0 aliphatic heterocycles. The third-order valence-corrected chi connectivity index (χ3v) is 1.97. The van der Waals surface area contributed by atoms with Crippen LogP contribution in [0.25, 0.3) is 0 Å². The summed E-state index contributed by atoms with van der Waals surface area (Å²) in [5.74, 6) is 0.865. The van der Waals surface area contributed by atoms with Gasteiger partial charge < -0.3 is 5.32 Å². The van der Waals surface area contributed by atoms with Gasteiger partial charge in [0.2, 0.25) is 0 Å². The smallest absolute Gasteiger partial charge is 0.00386 e. The Morgan fingerprint density at radius 2 is 1.67 bits per heavy atom. The second-order valence-electron chi connectivity index (χ2n) is 3.78. The summed E-state index contributed by atoms with van der Waals surface area (Å²) in [5, 5.41) is 3.42. The molecule has 0 aromatic rings.